The van der Waals surface area contributed by atoms with Crippen LogP contribution in [0.4, 0.5) is 0 Å². The van der Waals surface area contributed by atoms with Gasteiger partial charge in [-0.1, -0.05) is 12.1 Å². The molecule has 0 aliphatic carbocycles. The Kier molecular flexibility index (Phi) is 10.9. The normalized spacial score (nSPS) is 17.5. The van der Waals surface area contributed by atoms with Gasteiger partial charge in [0.2, 0.25) is 17.5 Å². The summed E-state index contributed by atoms with van der Waals surface area (Å²) in [7, 11) is 8.98. The van der Waals surface area contributed by atoms with Gasteiger partial charge in [-0.05, 0) is 54.1 Å². The molecule has 3 aromatic carbocycles. The van der Waals surface area contributed by atoms with Crippen LogP contribution in [0.15, 0.2) is 87.8 Å². The molecule has 3 atom stereocenters. The number of fused-ring (bicyclic) bond motifs is 1. The molecule has 0 fully saturated rings. The van der Waals surface area contributed by atoms with E-state index in [1.54, 1.807) is 87.0 Å². The molecular formula is C36H36O12. The number of rotatable bonds is 13. The molecule has 1 aromatic heterocycles. The first kappa shape index (κ1) is 33.9. The Balaban J connectivity index is 1.46. The van der Waals surface area contributed by atoms with Crippen molar-refractivity contribution in [3.05, 3.63) is 94.4 Å². The smallest absolute Gasteiger partial charge is 0.330 e. The molecule has 0 amide bonds. The average molecular weight is 661 g/mol. The van der Waals surface area contributed by atoms with Crippen molar-refractivity contribution >= 4 is 23.0 Å². The Morgan fingerprint density at radius 1 is 0.812 bits per heavy atom. The molecule has 0 spiro atoms. The standard InChI is InChI=1S/C36H36O12/c1-39-23-12-7-21(8-13-23)9-16-31(37)45-20-30-26(42-4)19-29(44-6)36(47-30)48-35-33(38)32-27(43-5)17-25(41-3)18-28(32)46-34(35)22-10-14-24(40-2)15-11-22/h7-19,29-30,36H,20H2,1-6H3/b16-9+/t29?,30?,36-/m0/s1. The summed E-state index contributed by atoms with van der Waals surface area (Å²) in [5.41, 5.74) is 1.01. The van der Waals surface area contributed by atoms with E-state index in [1.165, 1.54) is 34.5 Å². The van der Waals surface area contributed by atoms with Crippen LogP contribution in [0, 0.1) is 0 Å². The molecule has 0 radical (unpaired) electrons. The van der Waals surface area contributed by atoms with E-state index in [4.69, 9.17) is 47.0 Å². The average Bonchev–Trinajstić information content (AvgIpc) is 3.13. The van der Waals surface area contributed by atoms with Gasteiger partial charge in [-0.25, -0.2) is 4.79 Å². The van der Waals surface area contributed by atoms with E-state index in [1.807, 2.05) is 0 Å². The maximum absolute atomic E-state index is 14.2. The lowest BCUT2D eigenvalue weighted by Gasteiger charge is -2.34. The topological polar surface area (TPSA) is 130 Å². The summed E-state index contributed by atoms with van der Waals surface area (Å²) in [5, 5.41) is 0.137. The van der Waals surface area contributed by atoms with Crippen molar-refractivity contribution in [2.75, 3.05) is 49.3 Å². The van der Waals surface area contributed by atoms with E-state index in [0.717, 1.165) is 5.56 Å². The number of methoxy groups -OCH3 is 6. The number of hydrogen-bond acceptors (Lipinski definition) is 12. The fourth-order valence-corrected chi connectivity index (χ4v) is 5.01. The van der Waals surface area contributed by atoms with Crippen LogP contribution in [0.2, 0.25) is 0 Å². The number of benzene rings is 3. The number of carbonyl (C=O) groups is 1. The van der Waals surface area contributed by atoms with Crippen LogP contribution < -0.4 is 29.1 Å². The Hall–Kier alpha value is -5.46. The van der Waals surface area contributed by atoms with Gasteiger partial charge >= 0.3 is 5.97 Å². The number of ether oxygens (including phenoxy) is 9. The molecule has 0 bridgehead atoms. The molecule has 252 valence electrons. The molecular weight excluding hydrogens is 624 g/mol. The Morgan fingerprint density at radius 3 is 2.08 bits per heavy atom. The third-order valence-electron chi connectivity index (χ3n) is 7.56. The first-order valence-electron chi connectivity index (χ1n) is 14.8. The summed E-state index contributed by atoms with van der Waals surface area (Å²) in [6, 6.07) is 17.3. The van der Waals surface area contributed by atoms with Crippen LogP contribution in [-0.2, 0) is 23.7 Å². The van der Waals surface area contributed by atoms with Crippen molar-refractivity contribution in [2.45, 2.75) is 18.5 Å². The van der Waals surface area contributed by atoms with Crippen molar-refractivity contribution in [2.24, 2.45) is 0 Å². The Labute approximate surface area is 276 Å². The highest BCUT2D eigenvalue weighted by molar-refractivity contribution is 5.89. The third kappa shape index (κ3) is 7.40. The number of hydrogen-bond donors (Lipinski definition) is 0. The molecule has 5 rings (SSSR count). The third-order valence-corrected chi connectivity index (χ3v) is 7.56. The van der Waals surface area contributed by atoms with E-state index in [2.05, 4.69) is 0 Å². The summed E-state index contributed by atoms with van der Waals surface area (Å²) in [5.74, 6) is 1.68. The summed E-state index contributed by atoms with van der Waals surface area (Å²) < 4.78 is 56.9. The van der Waals surface area contributed by atoms with Gasteiger partial charge in [0, 0.05) is 30.9 Å². The second-order valence-corrected chi connectivity index (χ2v) is 10.3. The largest absolute Gasteiger partial charge is 0.498 e. The highest BCUT2D eigenvalue weighted by Gasteiger charge is 2.37. The zero-order valence-corrected chi connectivity index (χ0v) is 27.3. The van der Waals surface area contributed by atoms with Crippen LogP contribution in [0.5, 0.6) is 28.7 Å². The molecule has 0 saturated heterocycles. The fourth-order valence-electron chi connectivity index (χ4n) is 5.01. The van der Waals surface area contributed by atoms with E-state index in [9.17, 15) is 9.59 Å². The zero-order valence-electron chi connectivity index (χ0n) is 27.3. The summed E-state index contributed by atoms with van der Waals surface area (Å²) in [4.78, 5) is 26.8. The van der Waals surface area contributed by atoms with Crippen LogP contribution in [-0.4, -0.2) is 73.7 Å². The van der Waals surface area contributed by atoms with E-state index in [0.29, 0.717) is 28.6 Å². The SMILES string of the molecule is COC1=CC(OC)[C@H](Oc2c(-c3ccc(OC)cc3)oc3cc(OC)cc(OC)c3c2=O)OC1COC(=O)/C=C/c1ccc(OC)cc1. The highest BCUT2D eigenvalue weighted by Crippen LogP contribution is 2.38. The molecule has 1 aliphatic rings. The van der Waals surface area contributed by atoms with E-state index in [-0.39, 0.29) is 34.8 Å². The maximum Gasteiger partial charge on any atom is 0.330 e. The summed E-state index contributed by atoms with van der Waals surface area (Å²) >= 11 is 0. The predicted molar refractivity (Wildman–Crippen MR) is 176 cm³/mol. The van der Waals surface area contributed by atoms with Gasteiger partial charge in [-0.2, -0.15) is 0 Å². The van der Waals surface area contributed by atoms with E-state index >= 15 is 0 Å². The van der Waals surface area contributed by atoms with Gasteiger partial charge in [0.25, 0.3) is 0 Å². The van der Waals surface area contributed by atoms with Gasteiger partial charge in [0.1, 0.15) is 52.4 Å². The second-order valence-electron chi connectivity index (χ2n) is 10.3. The van der Waals surface area contributed by atoms with Crippen molar-refractivity contribution in [3.8, 4) is 40.1 Å². The van der Waals surface area contributed by atoms with Crippen molar-refractivity contribution in [1.82, 2.24) is 0 Å². The molecule has 1 aliphatic heterocycles. The van der Waals surface area contributed by atoms with Gasteiger partial charge in [0.05, 0.1) is 35.5 Å². The minimum atomic E-state index is -1.19. The fraction of sp³-hybridized carbons (Fsp3) is 0.278. The molecule has 48 heavy (non-hydrogen) atoms. The van der Waals surface area contributed by atoms with Gasteiger partial charge in [0.15, 0.2) is 11.9 Å². The molecule has 12 heteroatoms. The minimum Gasteiger partial charge on any atom is -0.498 e. The van der Waals surface area contributed by atoms with Gasteiger partial charge in [-0.15, -0.1) is 0 Å². The first-order valence-corrected chi connectivity index (χ1v) is 14.8. The Bertz CT molecular complexity index is 1840. The summed E-state index contributed by atoms with van der Waals surface area (Å²) in [6.45, 7) is -0.215. The lowest BCUT2D eigenvalue weighted by molar-refractivity contribution is -0.191. The van der Waals surface area contributed by atoms with Crippen LogP contribution in [0.25, 0.3) is 28.4 Å². The van der Waals surface area contributed by atoms with Crippen molar-refractivity contribution in [1.29, 1.82) is 0 Å². The van der Waals surface area contributed by atoms with E-state index < -0.39 is 29.9 Å². The number of esters is 1. The molecule has 2 unspecified atom stereocenters. The highest BCUT2D eigenvalue weighted by atomic mass is 16.7. The molecule has 0 saturated carbocycles. The van der Waals surface area contributed by atoms with Crippen molar-refractivity contribution < 1.29 is 51.8 Å². The maximum atomic E-state index is 14.2. The monoisotopic (exact) mass is 660 g/mol. The zero-order chi connectivity index (χ0) is 34.2. The minimum absolute atomic E-state index is 0.122. The lowest BCUT2D eigenvalue weighted by Crippen LogP contribution is -2.45. The molecule has 2 heterocycles. The second kappa shape index (κ2) is 15.4. The number of carbonyl (C=O) groups excluding carboxylic acids is 1. The lowest BCUT2D eigenvalue weighted by atomic mass is 10.1. The molecule has 12 nitrogen and oxygen atoms in total. The van der Waals surface area contributed by atoms with Crippen LogP contribution >= 0.6 is 0 Å². The molecule has 4 aromatic rings. The molecule has 0 N–H and O–H groups in total. The van der Waals surface area contributed by atoms with Crippen LogP contribution in [0.1, 0.15) is 5.56 Å². The van der Waals surface area contributed by atoms with Crippen molar-refractivity contribution in [3.63, 3.8) is 0 Å². The van der Waals surface area contributed by atoms with Gasteiger partial charge in [-0.3, -0.25) is 4.79 Å². The van der Waals surface area contributed by atoms with Gasteiger partial charge < -0.3 is 47.0 Å². The predicted octanol–water partition coefficient (Wildman–Crippen LogP) is 5.40. The first-order chi connectivity index (χ1) is 23.3. The Morgan fingerprint density at radius 2 is 1.48 bits per heavy atom. The van der Waals surface area contributed by atoms with Crippen LogP contribution in [0.3, 0.4) is 0 Å². The summed E-state index contributed by atoms with van der Waals surface area (Å²) in [6.07, 6.45) is 1.66. The quantitative estimate of drug-likeness (QED) is 0.134.